The zero-order chi connectivity index (χ0) is 18.9. The van der Waals surface area contributed by atoms with Crippen LogP contribution in [-0.4, -0.2) is 24.3 Å². The average molecular weight is 372 g/mol. The number of nitrogens with zero attached hydrogens (tertiary/aromatic N) is 5. The summed E-state index contributed by atoms with van der Waals surface area (Å²) in [5.41, 5.74) is 2.52. The highest BCUT2D eigenvalue weighted by molar-refractivity contribution is 5.75. The van der Waals surface area contributed by atoms with Gasteiger partial charge in [-0.05, 0) is 48.7 Å². The Kier molecular flexibility index (Phi) is 4.12. The van der Waals surface area contributed by atoms with Crippen LogP contribution in [0.15, 0.2) is 65.8 Å². The van der Waals surface area contributed by atoms with Gasteiger partial charge in [-0.2, -0.15) is 10.1 Å². The number of nitrogens with one attached hydrogen (secondary N) is 1. The Morgan fingerprint density at radius 2 is 1.96 bits per heavy atom. The maximum absolute atomic E-state index is 12.4. The van der Waals surface area contributed by atoms with E-state index in [-0.39, 0.29) is 5.56 Å². The minimum absolute atomic E-state index is 0.0126. The molecule has 1 aliphatic rings. The first-order valence-corrected chi connectivity index (χ1v) is 9.50. The molecule has 0 saturated heterocycles. The second kappa shape index (κ2) is 6.92. The smallest absolute Gasteiger partial charge is 0.252 e. The van der Waals surface area contributed by atoms with Crippen molar-refractivity contribution in [2.24, 2.45) is 5.92 Å². The van der Waals surface area contributed by atoms with Crippen LogP contribution in [-0.2, 0) is 6.54 Å². The van der Waals surface area contributed by atoms with Crippen LogP contribution in [0.2, 0.25) is 0 Å². The van der Waals surface area contributed by atoms with Gasteiger partial charge >= 0.3 is 0 Å². The van der Waals surface area contributed by atoms with Crippen LogP contribution in [0.4, 0.5) is 11.6 Å². The highest BCUT2D eigenvalue weighted by Crippen LogP contribution is 2.32. The fourth-order valence-electron chi connectivity index (χ4n) is 3.31. The maximum atomic E-state index is 12.4. The van der Waals surface area contributed by atoms with E-state index in [2.05, 4.69) is 20.4 Å². The molecule has 0 spiro atoms. The Balaban J connectivity index is 1.42. The van der Waals surface area contributed by atoms with E-state index < -0.39 is 0 Å². The monoisotopic (exact) mass is 372 g/mol. The van der Waals surface area contributed by atoms with Gasteiger partial charge in [-0.15, -0.1) is 0 Å². The SMILES string of the molecule is O=c1ccc2cnc(Nc3ccc(-n4cccn4)cc3)nc2n1CCC1CC1. The molecule has 0 bridgehead atoms. The molecule has 3 heterocycles. The van der Waals surface area contributed by atoms with E-state index >= 15 is 0 Å². The van der Waals surface area contributed by atoms with Gasteiger partial charge in [0.2, 0.25) is 5.95 Å². The number of fused-ring (bicyclic) bond motifs is 1. The van der Waals surface area contributed by atoms with Crippen LogP contribution in [0.5, 0.6) is 0 Å². The summed E-state index contributed by atoms with van der Waals surface area (Å²) in [6, 6.07) is 13.1. The number of hydrogen-bond donors (Lipinski definition) is 1. The molecule has 28 heavy (non-hydrogen) atoms. The van der Waals surface area contributed by atoms with E-state index in [0.29, 0.717) is 18.1 Å². The van der Waals surface area contributed by atoms with Crippen LogP contribution in [0.1, 0.15) is 19.3 Å². The lowest BCUT2D eigenvalue weighted by atomic mass is 10.2. The van der Waals surface area contributed by atoms with E-state index in [1.807, 2.05) is 36.5 Å². The molecule has 1 aliphatic carbocycles. The molecule has 0 aliphatic heterocycles. The molecule has 1 aromatic carbocycles. The summed E-state index contributed by atoms with van der Waals surface area (Å²) >= 11 is 0. The van der Waals surface area contributed by atoms with Crippen LogP contribution >= 0.6 is 0 Å². The van der Waals surface area contributed by atoms with Gasteiger partial charge in [-0.1, -0.05) is 12.8 Å². The number of aromatic nitrogens is 5. The second-order valence-corrected chi connectivity index (χ2v) is 7.15. The molecule has 1 N–H and O–H groups in total. The predicted octanol–water partition coefficient (Wildman–Crippen LogP) is 3.52. The van der Waals surface area contributed by atoms with Crippen molar-refractivity contribution in [1.29, 1.82) is 0 Å². The van der Waals surface area contributed by atoms with Gasteiger partial charge in [0.05, 0.1) is 5.69 Å². The molecule has 7 nitrogen and oxygen atoms in total. The van der Waals surface area contributed by atoms with E-state index in [4.69, 9.17) is 0 Å². The number of benzene rings is 1. The Bertz CT molecular complexity index is 1160. The highest BCUT2D eigenvalue weighted by Gasteiger charge is 2.21. The van der Waals surface area contributed by atoms with Gasteiger partial charge in [0.25, 0.3) is 5.56 Å². The van der Waals surface area contributed by atoms with Crippen molar-refractivity contribution < 1.29 is 0 Å². The van der Waals surface area contributed by atoms with Crippen molar-refractivity contribution >= 4 is 22.7 Å². The zero-order valence-corrected chi connectivity index (χ0v) is 15.3. The van der Waals surface area contributed by atoms with Gasteiger partial charge in [-0.3, -0.25) is 9.36 Å². The quantitative estimate of drug-likeness (QED) is 0.560. The Morgan fingerprint density at radius 1 is 1.11 bits per heavy atom. The number of hydrogen-bond acceptors (Lipinski definition) is 5. The maximum Gasteiger partial charge on any atom is 0.252 e. The van der Waals surface area contributed by atoms with Gasteiger partial charge in [0, 0.05) is 42.3 Å². The molecule has 140 valence electrons. The molecule has 3 aromatic heterocycles. The largest absolute Gasteiger partial charge is 0.324 e. The van der Waals surface area contributed by atoms with Crippen LogP contribution in [0, 0.1) is 5.92 Å². The predicted molar refractivity (Wildman–Crippen MR) is 108 cm³/mol. The molecule has 1 fully saturated rings. The molecular formula is C21H20N6O. The summed E-state index contributed by atoms with van der Waals surface area (Å²) < 4.78 is 3.57. The van der Waals surface area contributed by atoms with Crippen molar-refractivity contribution in [2.75, 3.05) is 5.32 Å². The number of rotatable bonds is 6. The van der Waals surface area contributed by atoms with Crippen molar-refractivity contribution in [1.82, 2.24) is 24.3 Å². The summed E-state index contributed by atoms with van der Waals surface area (Å²) in [6.45, 7) is 0.704. The molecule has 0 unspecified atom stereocenters. The first-order chi connectivity index (χ1) is 13.8. The fraction of sp³-hybridized carbons (Fsp3) is 0.238. The van der Waals surface area contributed by atoms with Crippen LogP contribution < -0.4 is 10.9 Å². The van der Waals surface area contributed by atoms with Gasteiger partial charge < -0.3 is 5.32 Å². The summed E-state index contributed by atoms with van der Waals surface area (Å²) in [7, 11) is 0. The van der Waals surface area contributed by atoms with Gasteiger partial charge in [0.15, 0.2) is 0 Å². The standard InChI is InChI=1S/C21H20N6O/c28-19-9-4-16-14-22-21(25-20(16)26(19)13-10-15-2-3-15)24-17-5-7-18(8-6-17)27-12-1-11-23-27/h1,4-9,11-12,14-15H,2-3,10,13H2,(H,22,24,25). The van der Waals surface area contributed by atoms with E-state index in [0.717, 1.165) is 29.1 Å². The lowest BCUT2D eigenvalue weighted by Gasteiger charge is -2.11. The average Bonchev–Trinajstić information content (AvgIpc) is 3.38. The van der Waals surface area contributed by atoms with Crippen molar-refractivity contribution in [2.45, 2.75) is 25.8 Å². The molecule has 4 aromatic rings. The second-order valence-electron chi connectivity index (χ2n) is 7.15. The van der Waals surface area contributed by atoms with Gasteiger partial charge in [-0.25, -0.2) is 9.67 Å². The Labute approximate surface area is 161 Å². The van der Waals surface area contributed by atoms with Crippen LogP contribution in [0.25, 0.3) is 16.7 Å². The molecular weight excluding hydrogens is 352 g/mol. The number of aryl methyl sites for hydroxylation is 1. The van der Waals surface area contributed by atoms with Crippen molar-refractivity contribution in [3.63, 3.8) is 0 Å². The summed E-state index contributed by atoms with van der Waals surface area (Å²) in [5, 5.41) is 8.32. The zero-order valence-electron chi connectivity index (χ0n) is 15.3. The third-order valence-corrected chi connectivity index (χ3v) is 5.07. The lowest BCUT2D eigenvalue weighted by Crippen LogP contribution is -2.20. The molecule has 0 atom stereocenters. The lowest BCUT2D eigenvalue weighted by molar-refractivity contribution is 0.593. The molecule has 1 saturated carbocycles. The van der Waals surface area contributed by atoms with Crippen LogP contribution in [0.3, 0.4) is 0 Å². The van der Waals surface area contributed by atoms with Gasteiger partial charge in [0.1, 0.15) is 5.65 Å². The van der Waals surface area contributed by atoms with Crippen molar-refractivity contribution in [3.8, 4) is 5.69 Å². The third-order valence-electron chi connectivity index (χ3n) is 5.07. The minimum Gasteiger partial charge on any atom is -0.324 e. The molecule has 0 amide bonds. The molecule has 5 rings (SSSR count). The summed E-state index contributed by atoms with van der Waals surface area (Å²) in [4.78, 5) is 21.4. The Hall–Kier alpha value is -3.48. The topological polar surface area (TPSA) is 77.6 Å². The molecule has 7 heteroatoms. The normalized spacial score (nSPS) is 13.7. The summed E-state index contributed by atoms with van der Waals surface area (Å²) in [6.07, 6.45) is 8.98. The van der Waals surface area contributed by atoms with E-state index in [9.17, 15) is 4.79 Å². The minimum atomic E-state index is -0.0126. The fourth-order valence-corrected chi connectivity index (χ4v) is 3.31. The summed E-state index contributed by atoms with van der Waals surface area (Å²) in [5.74, 6) is 1.24. The Morgan fingerprint density at radius 3 is 2.71 bits per heavy atom. The number of pyridine rings is 1. The first-order valence-electron chi connectivity index (χ1n) is 9.50. The highest BCUT2D eigenvalue weighted by atomic mass is 16.1. The van der Waals surface area contributed by atoms with E-state index in [1.54, 1.807) is 33.8 Å². The molecule has 0 radical (unpaired) electrons. The van der Waals surface area contributed by atoms with E-state index in [1.165, 1.54) is 12.8 Å². The first kappa shape index (κ1) is 16.7. The third kappa shape index (κ3) is 3.38. The van der Waals surface area contributed by atoms with Crippen molar-refractivity contribution in [3.05, 3.63) is 71.4 Å². The number of anilines is 2.